The molecule has 0 radical (unpaired) electrons. The number of anilines is 4. The number of aromatic nitrogens is 6. The first-order valence-electron chi connectivity index (χ1n) is 21.2. The smallest absolute Gasteiger partial charge is 0.257 e. The van der Waals surface area contributed by atoms with Crippen molar-refractivity contribution in [2.75, 3.05) is 21.3 Å². The van der Waals surface area contributed by atoms with Crippen LogP contribution in [0.2, 0.25) is 0 Å². The number of carbonyl (C=O) groups excluding carboxylic acids is 4. The van der Waals surface area contributed by atoms with Crippen LogP contribution in [-0.4, -0.2) is 53.5 Å². The van der Waals surface area contributed by atoms with Crippen LogP contribution in [0.25, 0.3) is 48.6 Å². The Labute approximate surface area is 390 Å². The molecule has 0 unspecified atom stereocenters. The molecule has 328 valence electrons. The van der Waals surface area contributed by atoms with Crippen molar-refractivity contribution in [1.29, 1.82) is 0 Å². The van der Waals surface area contributed by atoms with E-state index in [0.717, 1.165) is 56.4 Å². The topological polar surface area (TPSA) is 194 Å². The van der Waals surface area contributed by atoms with Crippen molar-refractivity contribution in [1.82, 2.24) is 29.9 Å². The van der Waals surface area contributed by atoms with Gasteiger partial charge in [-0.3, -0.25) is 49.1 Å². The van der Waals surface area contributed by atoms with Crippen molar-refractivity contribution >= 4 is 95.0 Å². The summed E-state index contributed by atoms with van der Waals surface area (Å²) in [7, 11) is 0. The molecule has 4 aliphatic heterocycles. The van der Waals surface area contributed by atoms with Crippen LogP contribution in [0, 0.1) is 0 Å². The largest absolute Gasteiger partial charge is 0.321 e. The number of rotatable bonds is 0. The summed E-state index contributed by atoms with van der Waals surface area (Å²) in [6, 6.07) is 33.0. The van der Waals surface area contributed by atoms with Crippen molar-refractivity contribution in [3.63, 3.8) is 0 Å². The minimum atomic E-state index is -0.148. The van der Waals surface area contributed by atoms with Gasteiger partial charge in [0.2, 0.25) is 0 Å². The van der Waals surface area contributed by atoms with Crippen molar-refractivity contribution in [2.45, 2.75) is 0 Å². The lowest BCUT2D eigenvalue weighted by Crippen LogP contribution is -2.15. The summed E-state index contributed by atoms with van der Waals surface area (Å²) >= 11 is 0. The molecule has 0 saturated heterocycles. The average molecular weight is 891 g/mol. The molecule has 0 spiro atoms. The molecule has 2 aromatic carbocycles. The third kappa shape index (κ3) is 10.1. The molecule has 0 atom stereocenters. The predicted molar refractivity (Wildman–Crippen MR) is 266 cm³/mol. The Balaban J connectivity index is 0.000000113. The summed E-state index contributed by atoms with van der Waals surface area (Å²) in [5.41, 5.74) is 11.9. The molecule has 8 aromatic rings. The quantitative estimate of drug-likeness (QED) is 0.114. The van der Waals surface area contributed by atoms with Gasteiger partial charge >= 0.3 is 0 Å². The molecule has 6 aromatic heterocycles. The van der Waals surface area contributed by atoms with Gasteiger partial charge in [0, 0.05) is 77.5 Å². The summed E-state index contributed by atoms with van der Waals surface area (Å²) in [6.45, 7) is 0. The molecule has 68 heavy (non-hydrogen) atoms. The lowest BCUT2D eigenvalue weighted by atomic mass is 10.0. The van der Waals surface area contributed by atoms with E-state index in [-0.39, 0.29) is 23.6 Å². The van der Waals surface area contributed by atoms with Gasteiger partial charge in [-0.25, -0.2) is 0 Å². The summed E-state index contributed by atoms with van der Waals surface area (Å²) in [5, 5.41) is 11.4. The van der Waals surface area contributed by atoms with Gasteiger partial charge in [-0.05, 0) is 114 Å². The van der Waals surface area contributed by atoms with Crippen molar-refractivity contribution in [3.8, 4) is 0 Å². The molecule has 4 amide bonds. The van der Waals surface area contributed by atoms with Crippen LogP contribution in [0.1, 0.15) is 86.5 Å². The summed E-state index contributed by atoms with van der Waals surface area (Å²) < 4.78 is 0. The first-order chi connectivity index (χ1) is 33.4. The molecule has 14 nitrogen and oxygen atoms in total. The molecule has 14 heteroatoms. The minimum Gasteiger partial charge on any atom is -0.321 e. The normalized spacial score (nSPS) is 14.9. The lowest BCUT2D eigenvalue weighted by Gasteiger charge is -2.12. The number of fused-ring (bicyclic) bond motifs is 8. The fourth-order valence-electron chi connectivity index (χ4n) is 7.24. The number of benzene rings is 2. The molecule has 0 bridgehead atoms. The minimum absolute atomic E-state index is 0.0980. The number of nitrogens with zero attached hydrogens (tertiary/aromatic N) is 6. The van der Waals surface area contributed by atoms with Crippen LogP contribution in [0.3, 0.4) is 0 Å². The number of amides is 4. The summed E-state index contributed by atoms with van der Waals surface area (Å²) in [5.74, 6) is -0.505. The molecule has 0 aliphatic carbocycles. The van der Waals surface area contributed by atoms with Crippen molar-refractivity contribution in [3.05, 3.63) is 226 Å². The maximum Gasteiger partial charge on any atom is 0.257 e. The third-order valence-electron chi connectivity index (χ3n) is 10.6. The second-order valence-electron chi connectivity index (χ2n) is 15.0. The number of hydrogen-bond acceptors (Lipinski definition) is 10. The van der Waals surface area contributed by atoms with Crippen LogP contribution >= 0.6 is 0 Å². The van der Waals surface area contributed by atoms with Gasteiger partial charge in [-0.15, -0.1) is 0 Å². The Hall–Kier alpha value is -9.82. The van der Waals surface area contributed by atoms with E-state index >= 15 is 0 Å². The first kappa shape index (κ1) is 43.4. The second kappa shape index (κ2) is 20.3. The van der Waals surface area contributed by atoms with E-state index in [1.807, 2.05) is 109 Å². The Morgan fingerprint density at radius 3 is 1.29 bits per heavy atom. The highest BCUT2D eigenvalue weighted by Gasteiger charge is 2.18. The van der Waals surface area contributed by atoms with E-state index in [9.17, 15) is 19.2 Å². The Morgan fingerprint density at radius 2 is 0.662 bits per heavy atom. The maximum atomic E-state index is 12.0. The van der Waals surface area contributed by atoms with Gasteiger partial charge < -0.3 is 21.3 Å². The summed E-state index contributed by atoms with van der Waals surface area (Å²) in [4.78, 5) is 73.0. The lowest BCUT2D eigenvalue weighted by molar-refractivity contribution is 0.101. The van der Waals surface area contributed by atoms with E-state index < -0.39 is 0 Å². The fourth-order valence-corrected chi connectivity index (χ4v) is 7.24. The molecular weight excluding hydrogens is 853 g/mol. The van der Waals surface area contributed by atoms with Crippen molar-refractivity contribution < 1.29 is 19.2 Å². The van der Waals surface area contributed by atoms with Gasteiger partial charge in [-0.1, -0.05) is 54.6 Å². The van der Waals surface area contributed by atoms with Gasteiger partial charge in [-0.2, -0.15) is 0 Å². The number of hydrogen-bond donors (Lipinski definition) is 4. The fraction of sp³-hybridized carbons (Fsp3) is 0. The standard InChI is InChI=1S/2C14H10N2O.2C13H9N3O/c17-14-11-5-3-9-15-13(11)8-7-10-4-1-2-6-12(10)16-14;17-14-11-5-2-1-4-10(11)7-8-12-13(16-14)6-3-9-15-12;17-13-10-5-7-14-8-9(10)3-4-11-12(16-13)2-1-6-15-11;17-13-10-2-1-6-15-12(10)4-3-9-8-14-7-5-11(9)16-13/h2*1-9H,(H,16,17);2*1-8H,(H,16,17). The maximum absolute atomic E-state index is 12.0. The van der Waals surface area contributed by atoms with Crippen molar-refractivity contribution in [2.24, 2.45) is 0 Å². The monoisotopic (exact) mass is 890 g/mol. The molecule has 4 aliphatic rings. The average Bonchev–Trinajstić information content (AvgIpc) is 3.36. The van der Waals surface area contributed by atoms with Crippen LogP contribution in [-0.2, 0) is 0 Å². The van der Waals surface area contributed by atoms with Crippen LogP contribution in [0.4, 0.5) is 22.7 Å². The second-order valence-corrected chi connectivity index (χ2v) is 15.0. The zero-order valence-corrected chi connectivity index (χ0v) is 35.9. The Kier molecular flexibility index (Phi) is 13.0. The van der Waals surface area contributed by atoms with Crippen LogP contribution < -0.4 is 21.3 Å². The van der Waals surface area contributed by atoms with Gasteiger partial charge in [0.05, 0.1) is 51.0 Å². The molecule has 0 saturated carbocycles. The third-order valence-corrected chi connectivity index (χ3v) is 10.6. The molecule has 12 rings (SSSR count). The van der Waals surface area contributed by atoms with E-state index in [2.05, 4.69) is 51.2 Å². The molecule has 10 heterocycles. The SMILES string of the molecule is O=C1Nc2ccccc2/C=C\c2ncccc21.O=C1Nc2cccnc2/C=C\c2ccccc21.O=C1Nc2cccnc2/C=C\c2cnccc21.O=C1Nc2ccncc2/C=C\c2ncccc21. The summed E-state index contributed by atoms with van der Waals surface area (Å²) in [6.07, 6.45) is 28.5. The van der Waals surface area contributed by atoms with Gasteiger partial charge in [0.15, 0.2) is 0 Å². The zero-order chi connectivity index (χ0) is 46.7. The van der Waals surface area contributed by atoms with E-state index in [1.54, 1.807) is 98.1 Å². The van der Waals surface area contributed by atoms with Crippen LogP contribution in [0.5, 0.6) is 0 Å². The van der Waals surface area contributed by atoms with Crippen LogP contribution in [0.15, 0.2) is 159 Å². The first-order valence-corrected chi connectivity index (χ1v) is 21.2. The van der Waals surface area contributed by atoms with E-state index in [4.69, 9.17) is 0 Å². The Morgan fingerprint density at radius 1 is 0.279 bits per heavy atom. The Bertz CT molecular complexity index is 2920. The molecule has 0 fully saturated rings. The number of para-hydroxylation sites is 1. The highest BCUT2D eigenvalue weighted by atomic mass is 16.2. The number of carbonyl (C=O) groups is 4. The van der Waals surface area contributed by atoms with Gasteiger partial charge in [0.1, 0.15) is 0 Å². The highest BCUT2D eigenvalue weighted by molar-refractivity contribution is 6.11. The predicted octanol–water partition coefficient (Wildman–Crippen LogP) is 10.1. The van der Waals surface area contributed by atoms with Gasteiger partial charge in [0.25, 0.3) is 23.6 Å². The highest BCUT2D eigenvalue weighted by Crippen LogP contribution is 2.26. The van der Waals surface area contributed by atoms with E-state index in [1.165, 1.54) is 0 Å². The van der Waals surface area contributed by atoms with E-state index in [0.29, 0.717) is 33.6 Å². The molecule has 4 N–H and O–H groups in total. The number of pyridine rings is 6. The number of nitrogens with one attached hydrogen (secondary N) is 4. The zero-order valence-electron chi connectivity index (χ0n) is 35.9. The molecular formula is C54H38N10O4.